The van der Waals surface area contributed by atoms with Crippen LogP contribution in [0.5, 0.6) is 0 Å². The molecule has 0 aliphatic rings. The Morgan fingerprint density at radius 2 is 0.415 bits per heavy atom. The van der Waals surface area contributed by atoms with Gasteiger partial charge < -0.3 is 13.7 Å². The summed E-state index contributed by atoms with van der Waals surface area (Å²) in [7, 11) is 0. The Kier molecular flexibility index (Phi) is 19.8. The highest BCUT2D eigenvalue weighted by Crippen LogP contribution is 2.44. The fraction of sp³-hybridized carbons (Fsp3) is 0. The van der Waals surface area contributed by atoms with Gasteiger partial charge in [-0.05, 0) is 155 Å². The first-order chi connectivity index (χ1) is 70.4. The van der Waals surface area contributed by atoms with E-state index in [2.05, 4.69) is 420 Å². The van der Waals surface area contributed by atoms with Crippen molar-refractivity contribution in [1.29, 1.82) is 0 Å². The van der Waals surface area contributed by atoms with Crippen LogP contribution in [0.4, 0.5) is 0 Å². The molecular weight excluding hydrogens is 1740 g/mol. The third kappa shape index (κ3) is 14.1. The van der Waals surface area contributed by atoms with Gasteiger partial charge in [0.25, 0.3) is 0 Å². The summed E-state index contributed by atoms with van der Waals surface area (Å²) in [5.41, 5.74) is 25.6. The average Bonchev–Trinajstić information content (AvgIpc) is 1.57. The lowest BCUT2D eigenvalue weighted by atomic mass is 10.0. The zero-order valence-corrected chi connectivity index (χ0v) is 76.3. The minimum Gasteiger partial charge on any atom is -0.309 e. The molecule has 142 heavy (non-hydrogen) atoms. The van der Waals surface area contributed by atoms with Crippen LogP contribution >= 0.6 is 0 Å². The molecule has 16 heteroatoms. The minimum absolute atomic E-state index is 0.580. The number of nitrogens with zero attached hydrogens (tertiary/aromatic N) is 16. The summed E-state index contributed by atoms with van der Waals surface area (Å²) in [6.07, 6.45) is 7.13. The van der Waals surface area contributed by atoms with Gasteiger partial charge >= 0.3 is 0 Å². The molecule has 0 bridgehead atoms. The molecule has 0 atom stereocenters. The van der Waals surface area contributed by atoms with Crippen molar-refractivity contribution in [2.45, 2.75) is 0 Å². The van der Waals surface area contributed by atoms with Crippen molar-refractivity contribution >= 4 is 142 Å². The van der Waals surface area contributed by atoms with Crippen LogP contribution in [-0.2, 0) is 0 Å². The summed E-state index contributed by atoms with van der Waals surface area (Å²) in [6, 6.07) is 161. The predicted octanol–water partition coefficient (Wildman–Crippen LogP) is 30.4. The molecule has 18 aromatic carbocycles. The number of rotatable bonds is 13. The van der Waals surface area contributed by atoms with Gasteiger partial charge in [-0.2, -0.15) is 19.9 Å². The highest BCUT2D eigenvalue weighted by Gasteiger charge is 2.26. The van der Waals surface area contributed by atoms with Crippen molar-refractivity contribution < 1.29 is 0 Å². The minimum atomic E-state index is 0.580. The molecule has 0 N–H and O–H groups in total. The Labute approximate surface area is 813 Å². The van der Waals surface area contributed by atoms with Crippen LogP contribution in [0.1, 0.15) is 0 Å². The standard InChI is InChI=1S/C45H29N5.C43H27N5.C38H24N6/c1-3-13-30(14-4-1)31-23-25-33(26-24-31)44-46-43(32-15-5-2-6-16-32)47-45(48-44)50-41-22-12-9-19-37(41)38-29-34(27-28-42(38)50)49-39-20-10-7-17-35(39)36-18-8-11-21-40(36)49;1-2-14-29(15-3-1)41-44-42(35-21-12-16-28-13-4-5-17-31(28)35)46-43(45-41)48-39-24-11-8-20-34(39)36-27-30(25-26-40(36)48)47-37-22-9-6-18-32(37)33-19-7-10-23-38(33)47;1-4-10-33-28(7-1)29-8-2-5-11-34(29)43(33)27-13-14-36-31(23-27)30-9-3-6-12-35(30)44(36)37-24-32(25-15-19-39-20-16-25)41-38(42-37)26-17-21-40-22-18-26/h1-29H;1-27H;1-24H. The number of para-hydroxylation sites is 9. The van der Waals surface area contributed by atoms with Crippen molar-refractivity contribution in [1.82, 2.24) is 77.2 Å². The molecule has 29 rings (SSSR count). The summed E-state index contributed by atoms with van der Waals surface area (Å²) in [5, 5.41) is 16.6. The first-order valence-corrected chi connectivity index (χ1v) is 47.5. The van der Waals surface area contributed by atoms with Gasteiger partial charge in [-0.1, -0.05) is 322 Å². The summed E-state index contributed by atoms with van der Waals surface area (Å²) < 4.78 is 13.7. The quantitative estimate of drug-likeness (QED) is 0.109. The molecule has 664 valence electrons. The van der Waals surface area contributed by atoms with Gasteiger partial charge in [0.05, 0.1) is 71.9 Å². The van der Waals surface area contributed by atoms with E-state index in [1.807, 2.05) is 78.9 Å². The Morgan fingerprint density at radius 3 is 0.817 bits per heavy atom. The van der Waals surface area contributed by atoms with Crippen molar-refractivity contribution in [3.63, 3.8) is 0 Å². The SMILES string of the molecule is c1ccc(-c2ccc(-c3nc(-c4ccccc4)nc(-n4c5ccccc5c5cc(-n6c7ccccc7c7ccccc76)ccc54)n3)cc2)cc1.c1ccc(-c2nc(-c3cccc4ccccc34)nc(-n3c4ccccc4c4cc(-n5c6ccccc6c6ccccc65)ccc43)n2)cc1.c1ccc2c(c1)c1ccccc1n2-c1ccc2c(c1)c1ccccc1n2-c1cc(-c2ccncc2)nc(-c2ccncc2)n1. The maximum absolute atomic E-state index is 5.21. The van der Waals surface area contributed by atoms with Crippen molar-refractivity contribution in [3.05, 3.63) is 486 Å². The van der Waals surface area contributed by atoms with Gasteiger partial charge in [-0.15, -0.1) is 0 Å². The van der Waals surface area contributed by atoms with E-state index in [9.17, 15) is 0 Å². The topological polar surface area (TPSA) is 158 Å². The van der Waals surface area contributed by atoms with Crippen LogP contribution in [-0.4, -0.2) is 77.2 Å². The summed E-state index contributed by atoms with van der Waals surface area (Å²) >= 11 is 0. The van der Waals surface area contributed by atoms with Crippen LogP contribution in [0.3, 0.4) is 0 Å². The van der Waals surface area contributed by atoms with E-state index in [0.29, 0.717) is 41.0 Å². The predicted molar refractivity (Wildman–Crippen MR) is 579 cm³/mol. The van der Waals surface area contributed by atoms with Crippen LogP contribution in [0.2, 0.25) is 0 Å². The summed E-state index contributed by atoms with van der Waals surface area (Å²) in [5.74, 6) is 5.14. The number of aromatic nitrogens is 16. The van der Waals surface area contributed by atoms with E-state index in [1.165, 1.54) is 76.4 Å². The van der Waals surface area contributed by atoms with Crippen molar-refractivity contribution in [3.8, 4) is 114 Å². The first-order valence-electron chi connectivity index (χ1n) is 47.5. The zero-order chi connectivity index (χ0) is 93.7. The second-order valence-corrected chi connectivity index (χ2v) is 35.4. The molecule has 0 amide bonds. The largest absolute Gasteiger partial charge is 0.309 e. The Hall–Kier alpha value is -19.6. The third-order valence-electron chi connectivity index (χ3n) is 27.3. The molecule has 0 aliphatic carbocycles. The van der Waals surface area contributed by atoms with E-state index in [0.717, 1.165) is 138 Å². The molecule has 0 saturated heterocycles. The molecule has 0 radical (unpaired) electrons. The maximum atomic E-state index is 5.21. The maximum Gasteiger partial charge on any atom is 0.238 e. The second kappa shape index (κ2) is 34.3. The number of fused-ring (bicyclic) bond motifs is 19. The van der Waals surface area contributed by atoms with E-state index in [4.69, 9.17) is 39.9 Å². The lowest BCUT2D eigenvalue weighted by Gasteiger charge is -2.12. The Bertz CT molecular complexity index is 9780. The molecule has 16 nitrogen and oxygen atoms in total. The molecule has 0 saturated carbocycles. The van der Waals surface area contributed by atoms with Gasteiger partial charge in [0.2, 0.25) is 11.9 Å². The van der Waals surface area contributed by atoms with Gasteiger partial charge in [0.1, 0.15) is 5.82 Å². The fourth-order valence-electron chi connectivity index (χ4n) is 20.9. The van der Waals surface area contributed by atoms with Crippen molar-refractivity contribution in [2.75, 3.05) is 0 Å². The summed E-state index contributed by atoms with van der Waals surface area (Å²) in [4.78, 5) is 49.2. The molecule has 0 aliphatic heterocycles. The van der Waals surface area contributed by atoms with Gasteiger partial charge in [-0.3, -0.25) is 23.7 Å². The average molecular weight is 1820 g/mol. The van der Waals surface area contributed by atoms with Crippen molar-refractivity contribution in [2.24, 2.45) is 0 Å². The van der Waals surface area contributed by atoms with E-state index >= 15 is 0 Å². The molecule has 11 aromatic heterocycles. The normalized spacial score (nSPS) is 11.7. The lowest BCUT2D eigenvalue weighted by Crippen LogP contribution is -2.06. The number of hydrogen-bond acceptors (Lipinski definition) is 10. The monoisotopic (exact) mass is 1820 g/mol. The van der Waals surface area contributed by atoms with Gasteiger partial charge in [0.15, 0.2) is 29.1 Å². The molecule has 0 unspecified atom stereocenters. The van der Waals surface area contributed by atoms with E-state index in [1.54, 1.807) is 24.8 Å². The summed E-state index contributed by atoms with van der Waals surface area (Å²) in [6.45, 7) is 0. The molecule has 0 fully saturated rings. The smallest absolute Gasteiger partial charge is 0.238 e. The van der Waals surface area contributed by atoms with Crippen LogP contribution in [0, 0.1) is 0 Å². The molecule has 0 spiro atoms. The van der Waals surface area contributed by atoms with Gasteiger partial charge in [-0.25, -0.2) is 19.9 Å². The first kappa shape index (κ1) is 81.9. The van der Waals surface area contributed by atoms with Crippen LogP contribution < -0.4 is 0 Å². The second-order valence-electron chi connectivity index (χ2n) is 35.4. The Balaban J connectivity index is 0.000000107. The zero-order valence-electron chi connectivity index (χ0n) is 76.3. The number of hydrogen-bond donors (Lipinski definition) is 0. The molecular formula is C126H80N16. The third-order valence-corrected chi connectivity index (χ3v) is 27.3. The fourth-order valence-corrected chi connectivity index (χ4v) is 20.9. The lowest BCUT2D eigenvalue weighted by molar-refractivity contribution is 0.953. The Morgan fingerprint density at radius 1 is 0.148 bits per heavy atom. The van der Waals surface area contributed by atoms with Gasteiger partial charge in [0, 0.05) is 146 Å². The van der Waals surface area contributed by atoms with Crippen LogP contribution in [0.25, 0.3) is 256 Å². The van der Waals surface area contributed by atoms with E-state index in [-0.39, 0.29) is 0 Å². The number of pyridine rings is 2. The molecule has 29 aromatic rings. The van der Waals surface area contributed by atoms with E-state index < -0.39 is 0 Å². The van der Waals surface area contributed by atoms with Crippen LogP contribution in [0.15, 0.2) is 486 Å². The number of benzene rings is 18. The highest BCUT2D eigenvalue weighted by atomic mass is 15.2. The molecule has 11 heterocycles. The highest BCUT2D eigenvalue weighted by molar-refractivity contribution is 6.16.